The van der Waals surface area contributed by atoms with Crippen molar-refractivity contribution in [3.05, 3.63) is 12.7 Å². The van der Waals surface area contributed by atoms with Gasteiger partial charge in [-0.3, -0.25) is 0 Å². The van der Waals surface area contributed by atoms with Crippen molar-refractivity contribution in [1.82, 2.24) is 0 Å². The highest BCUT2D eigenvalue weighted by atomic mass is 28.4. The van der Waals surface area contributed by atoms with Crippen LogP contribution in [0.1, 0.15) is 34.6 Å². The normalized spacial score (nSPS) is 18.6. The van der Waals surface area contributed by atoms with Gasteiger partial charge in [-0.1, -0.05) is 40.7 Å². The second-order valence-corrected chi connectivity index (χ2v) is 11.4. The maximum Gasteiger partial charge on any atom is 0.191 e. The first kappa shape index (κ1) is 16.9. The minimum atomic E-state index is -1.70. The van der Waals surface area contributed by atoms with E-state index in [-0.39, 0.29) is 23.0 Å². The van der Waals surface area contributed by atoms with Gasteiger partial charge in [0.05, 0.1) is 6.10 Å². The average Bonchev–Trinajstić information content (AvgIpc) is 2.22. The van der Waals surface area contributed by atoms with Crippen LogP contribution in [0.2, 0.25) is 18.1 Å². The van der Waals surface area contributed by atoms with E-state index in [2.05, 4.69) is 40.4 Å². The average molecular weight is 258 g/mol. The molecule has 0 saturated carbocycles. The second kappa shape index (κ2) is 6.16. The Morgan fingerprint density at radius 3 is 2.12 bits per heavy atom. The van der Waals surface area contributed by atoms with Crippen LogP contribution in [0, 0.1) is 11.8 Å². The minimum absolute atomic E-state index is 0.119. The predicted octanol–water partition coefficient (Wildman–Crippen LogP) is 3.83. The summed E-state index contributed by atoms with van der Waals surface area (Å²) < 4.78 is 6.12. The Hall–Kier alpha value is -0.123. The van der Waals surface area contributed by atoms with Crippen LogP contribution < -0.4 is 0 Å². The first-order valence-corrected chi connectivity index (χ1v) is 9.38. The summed E-state index contributed by atoms with van der Waals surface area (Å²) in [5.41, 5.74) is 0. The molecule has 3 heteroatoms. The molecule has 0 rings (SSSR count). The first-order chi connectivity index (χ1) is 7.53. The molecule has 0 amide bonds. The van der Waals surface area contributed by atoms with Crippen molar-refractivity contribution < 1.29 is 9.53 Å². The van der Waals surface area contributed by atoms with Crippen LogP contribution in [-0.2, 0) is 4.43 Å². The molecule has 0 spiro atoms. The lowest BCUT2D eigenvalue weighted by atomic mass is 9.94. The molecule has 0 saturated heterocycles. The fourth-order valence-electron chi connectivity index (χ4n) is 1.31. The number of aliphatic hydroxyl groups excluding tert-OH is 1. The predicted molar refractivity (Wildman–Crippen MR) is 77.7 cm³/mol. The Morgan fingerprint density at radius 1 is 1.29 bits per heavy atom. The summed E-state index contributed by atoms with van der Waals surface area (Å²) in [5.74, 6) is 0.269. The molecule has 102 valence electrons. The fourth-order valence-corrected chi connectivity index (χ4v) is 2.43. The van der Waals surface area contributed by atoms with Crippen molar-refractivity contribution in [3.63, 3.8) is 0 Å². The molecule has 0 bridgehead atoms. The van der Waals surface area contributed by atoms with Gasteiger partial charge in [-0.05, 0) is 18.1 Å². The Balaban J connectivity index is 4.34. The molecule has 0 aliphatic carbocycles. The summed E-state index contributed by atoms with van der Waals surface area (Å²) in [7, 11) is -1.70. The van der Waals surface area contributed by atoms with Crippen LogP contribution in [0.5, 0.6) is 0 Å². The number of rotatable bonds is 6. The summed E-state index contributed by atoms with van der Waals surface area (Å²) in [5, 5.41) is 10.3. The van der Waals surface area contributed by atoms with E-state index in [0.29, 0.717) is 6.61 Å². The number of hydrogen-bond donors (Lipinski definition) is 1. The van der Waals surface area contributed by atoms with Gasteiger partial charge < -0.3 is 9.53 Å². The van der Waals surface area contributed by atoms with E-state index in [1.165, 1.54) is 0 Å². The first-order valence-electron chi connectivity index (χ1n) is 6.47. The summed E-state index contributed by atoms with van der Waals surface area (Å²) in [6.07, 6.45) is 1.44. The van der Waals surface area contributed by atoms with Crippen molar-refractivity contribution in [3.8, 4) is 0 Å². The fraction of sp³-hybridized carbons (Fsp3) is 0.857. The van der Waals surface area contributed by atoms with Crippen molar-refractivity contribution in [2.24, 2.45) is 11.8 Å². The lowest BCUT2D eigenvalue weighted by Gasteiger charge is -2.37. The topological polar surface area (TPSA) is 29.5 Å². The third-order valence-corrected chi connectivity index (χ3v) is 8.51. The van der Waals surface area contributed by atoms with Crippen LogP contribution in [0.25, 0.3) is 0 Å². The Labute approximate surface area is 108 Å². The van der Waals surface area contributed by atoms with Gasteiger partial charge in [0.25, 0.3) is 0 Å². The molecule has 0 heterocycles. The van der Waals surface area contributed by atoms with Crippen LogP contribution in [0.4, 0.5) is 0 Å². The number of aliphatic hydroxyl groups is 1. The van der Waals surface area contributed by atoms with Crippen molar-refractivity contribution in [1.29, 1.82) is 0 Å². The standard InChI is InChI=1S/C14H30O2Si/c1-9-11(2)13(15)12(3)10-16-17(7,8)14(4,5)6/h9,11-13,15H,1,10H2,2-8H3/t11-,12-,13+/m0/s1. The Morgan fingerprint density at radius 2 is 1.76 bits per heavy atom. The van der Waals surface area contributed by atoms with E-state index in [0.717, 1.165) is 0 Å². The summed E-state index contributed by atoms with van der Waals surface area (Å²) >= 11 is 0. The van der Waals surface area contributed by atoms with E-state index in [1.54, 1.807) is 6.08 Å². The molecule has 1 N–H and O–H groups in total. The van der Waals surface area contributed by atoms with Crippen molar-refractivity contribution in [2.45, 2.75) is 58.9 Å². The maximum atomic E-state index is 10.1. The van der Waals surface area contributed by atoms with Gasteiger partial charge >= 0.3 is 0 Å². The van der Waals surface area contributed by atoms with E-state index < -0.39 is 8.32 Å². The molecule has 0 radical (unpaired) electrons. The molecule has 0 fully saturated rings. The number of hydrogen-bond acceptors (Lipinski definition) is 2. The van der Waals surface area contributed by atoms with Crippen molar-refractivity contribution >= 4 is 8.32 Å². The highest BCUT2D eigenvalue weighted by Crippen LogP contribution is 2.37. The van der Waals surface area contributed by atoms with E-state index >= 15 is 0 Å². The summed E-state index contributed by atoms with van der Waals surface area (Å²) in [6, 6.07) is 0. The highest BCUT2D eigenvalue weighted by molar-refractivity contribution is 6.74. The van der Waals surface area contributed by atoms with Gasteiger partial charge in [-0.15, -0.1) is 6.58 Å². The lowest BCUT2D eigenvalue weighted by Crippen LogP contribution is -2.43. The molecular weight excluding hydrogens is 228 g/mol. The smallest absolute Gasteiger partial charge is 0.191 e. The molecule has 0 aliphatic heterocycles. The molecule has 0 aromatic rings. The lowest BCUT2D eigenvalue weighted by molar-refractivity contribution is 0.0540. The van der Waals surface area contributed by atoms with Gasteiger partial charge in [0.15, 0.2) is 8.32 Å². The third kappa shape index (κ3) is 4.94. The maximum absolute atomic E-state index is 10.1. The molecule has 0 aliphatic rings. The summed E-state index contributed by atoms with van der Waals surface area (Å²) in [4.78, 5) is 0. The molecule has 0 unspecified atom stereocenters. The monoisotopic (exact) mass is 258 g/mol. The zero-order valence-electron chi connectivity index (χ0n) is 12.6. The molecule has 2 nitrogen and oxygen atoms in total. The van der Waals surface area contributed by atoms with Crippen LogP contribution in [0.3, 0.4) is 0 Å². The quantitative estimate of drug-likeness (QED) is 0.579. The van der Waals surface area contributed by atoms with E-state index in [1.807, 2.05) is 13.8 Å². The van der Waals surface area contributed by atoms with Gasteiger partial charge in [0.1, 0.15) is 0 Å². The van der Waals surface area contributed by atoms with Crippen LogP contribution >= 0.6 is 0 Å². The molecule has 0 aromatic heterocycles. The highest BCUT2D eigenvalue weighted by Gasteiger charge is 2.37. The van der Waals surface area contributed by atoms with Gasteiger partial charge in [-0.2, -0.15) is 0 Å². The molecule has 0 aromatic carbocycles. The minimum Gasteiger partial charge on any atom is -0.416 e. The van der Waals surface area contributed by atoms with Gasteiger partial charge in [-0.25, -0.2) is 0 Å². The zero-order valence-corrected chi connectivity index (χ0v) is 13.6. The third-order valence-electron chi connectivity index (χ3n) is 4.01. The van der Waals surface area contributed by atoms with Gasteiger partial charge in [0, 0.05) is 18.4 Å². The zero-order chi connectivity index (χ0) is 13.9. The molecule has 3 atom stereocenters. The Bertz CT molecular complexity index is 243. The molecular formula is C14H30O2Si. The van der Waals surface area contributed by atoms with E-state index in [4.69, 9.17) is 4.43 Å². The molecule has 17 heavy (non-hydrogen) atoms. The largest absolute Gasteiger partial charge is 0.416 e. The summed E-state index contributed by atoms with van der Waals surface area (Å²) in [6.45, 7) is 19.5. The van der Waals surface area contributed by atoms with Crippen LogP contribution in [-0.4, -0.2) is 26.1 Å². The van der Waals surface area contributed by atoms with Gasteiger partial charge in [0.2, 0.25) is 0 Å². The second-order valence-electron chi connectivity index (χ2n) is 6.63. The van der Waals surface area contributed by atoms with E-state index in [9.17, 15) is 5.11 Å². The SMILES string of the molecule is C=C[C@H](C)[C@@H](O)[C@@H](C)CO[Si](C)(C)C(C)(C)C. The van der Waals surface area contributed by atoms with Crippen molar-refractivity contribution in [2.75, 3.05) is 6.61 Å². The van der Waals surface area contributed by atoms with Crippen LogP contribution in [0.15, 0.2) is 12.7 Å². The Kier molecular flexibility index (Phi) is 6.12.